The maximum atomic E-state index is 5.38. The van der Waals surface area contributed by atoms with E-state index in [4.69, 9.17) is 9.51 Å². The number of benzene rings is 1. The molecule has 0 unspecified atom stereocenters. The van der Waals surface area contributed by atoms with Crippen molar-refractivity contribution in [1.82, 2.24) is 19.7 Å². The first-order valence-electron chi connectivity index (χ1n) is 9.99. The van der Waals surface area contributed by atoms with Gasteiger partial charge in [0.25, 0.3) is 0 Å². The lowest BCUT2D eigenvalue weighted by Crippen LogP contribution is -2.00. The van der Waals surface area contributed by atoms with Crippen molar-refractivity contribution in [3.63, 3.8) is 0 Å². The Morgan fingerprint density at radius 2 is 1.77 bits per heavy atom. The summed E-state index contributed by atoms with van der Waals surface area (Å²) in [5.41, 5.74) is 9.45. The van der Waals surface area contributed by atoms with Crippen LogP contribution in [0.15, 0.2) is 71.6 Å². The molecule has 0 aliphatic heterocycles. The highest BCUT2D eigenvalue weighted by atomic mass is 16.5. The van der Waals surface area contributed by atoms with Crippen molar-refractivity contribution in [2.45, 2.75) is 27.3 Å². The average Bonchev–Trinajstić information content (AvgIpc) is 3.28. The minimum absolute atomic E-state index is 0.677. The van der Waals surface area contributed by atoms with Gasteiger partial charge in [0.15, 0.2) is 0 Å². The monoisotopic (exact) mass is 394 g/mol. The molecule has 5 aromatic rings. The number of rotatable bonds is 4. The summed E-state index contributed by atoms with van der Waals surface area (Å²) in [6.45, 7) is 6.67. The van der Waals surface area contributed by atoms with Crippen LogP contribution in [0.25, 0.3) is 33.3 Å². The van der Waals surface area contributed by atoms with Gasteiger partial charge in [0, 0.05) is 35.3 Å². The maximum absolute atomic E-state index is 5.38. The van der Waals surface area contributed by atoms with Crippen molar-refractivity contribution in [3.8, 4) is 22.3 Å². The molecule has 0 aliphatic rings. The van der Waals surface area contributed by atoms with Gasteiger partial charge in [-0.05, 0) is 44.5 Å². The van der Waals surface area contributed by atoms with Gasteiger partial charge in [-0.15, -0.1) is 0 Å². The molecule has 0 amide bonds. The van der Waals surface area contributed by atoms with E-state index in [0.29, 0.717) is 6.54 Å². The van der Waals surface area contributed by atoms with Crippen molar-refractivity contribution < 1.29 is 4.52 Å². The van der Waals surface area contributed by atoms with E-state index in [0.717, 1.165) is 50.4 Å². The molecular weight excluding hydrogens is 372 g/mol. The fourth-order valence-electron chi connectivity index (χ4n) is 3.94. The fraction of sp³-hybridized carbons (Fsp3) is 0.160. The number of fused-ring (bicyclic) bond motifs is 1. The van der Waals surface area contributed by atoms with Crippen molar-refractivity contribution in [2.75, 3.05) is 0 Å². The number of pyridine rings is 2. The van der Waals surface area contributed by atoms with Gasteiger partial charge in [-0.2, -0.15) is 0 Å². The molecule has 0 atom stereocenters. The molecule has 5 rings (SSSR count). The lowest BCUT2D eigenvalue weighted by Gasteiger charge is -2.06. The van der Waals surface area contributed by atoms with Crippen LogP contribution in [-0.4, -0.2) is 19.7 Å². The minimum atomic E-state index is 0.677. The van der Waals surface area contributed by atoms with Crippen LogP contribution in [0.1, 0.15) is 22.7 Å². The number of nitrogens with zero attached hydrogens (tertiary/aromatic N) is 4. The third kappa shape index (κ3) is 3.18. The third-order valence-electron chi connectivity index (χ3n) is 5.46. The average molecular weight is 394 g/mol. The third-order valence-corrected chi connectivity index (χ3v) is 5.46. The topological polar surface area (TPSA) is 56.7 Å². The van der Waals surface area contributed by atoms with E-state index in [1.165, 1.54) is 5.56 Å². The van der Waals surface area contributed by atoms with E-state index in [-0.39, 0.29) is 0 Å². The van der Waals surface area contributed by atoms with E-state index < -0.39 is 0 Å². The van der Waals surface area contributed by atoms with Gasteiger partial charge in [0.2, 0.25) is 0 Å². The number of hydrogen-bond acceptors (Lipinski definition) is 4. The molecular formula is C25H22N4O. The second kappa shape index (κ2) is 7.26. The summed E-state index contributed by atoms with van der Waals surface area (Å²) in [6, 6.07) is 16.7. The molecule has 0 saturated carbocycles. The molecule has 0 fully saturated rings. The Labute approximate surface area is 175 Å². The van der Waals surface area contributed by atoms with Gasteiger partial charge in [0.05, 0.1) is 29.0 Å². The second-order valence-electron chi connectivity index (χ2n) is 7.65. The highest BCUT2D eigenvalue weighted by molar-refractivity contribution is 5.95. The first kappa shape index (κ1) is 18.3. The van der Waals surface area contributed by atoms with Crippen LogP contribution in [0.3, 0.4) is 0 Å². The van der Waals surface area contributed by atoms with E-state index in [2.05, 4.69) is 58.2 Å². The van der Waals surface area contributed by atoms with Crippen LogP contribution < -0.4 is 0 Å². The molecule has 0 radical (unpaired) electrons. The molecule has 4 heterocycles. The molecule has 5 nitrogen and oxygen atoms in total. The zero-order chi connectivity index (χ0) is 20.7. The van der Waals surface area contributed by atoms with Crippen molar-refractivity contribution in [2.24, 2.45) is 0 Å². The Bertz CT molecular complexity index is 1310. The first-order chi connectivity index (χ1) is 14.6. The summed E-state index contributed by atoms with van der Waals surface area (Å²) in [5, 5.41) is 4.10. The maximum Gasteiger partial charge on any atom is 0.141 e. The second-order valence-corrected chi connectivity index (χ2v) is 7.65. The van der Waals surface area contributed by atoms with Gasteiger partial charge in [-0.25, -0.2) is 0 Å². The SMILES string of the molecule is Cc1ccc(-c2cn(Cc3ccccn3)c3cc(-c4c(C)noc4C)cnc23)cc1. The van der Waals surface area contributed by atoms with E-state index >= 15 is 0 Å². The summed E-state index contributed by atoms with van der Waals surface area (Å²) in [5.74, 6) is 0.801. The molecule has 30 heavy (non-hydrogen) atoms. The summed E-state index contributed by atoms with van der Waals surface area (Å²) in [4.78, 5) is 9.38. The van der Waals surface area contributed by atoms with E-state index in [9.17, 15) is 0 Å². The van der Waals surface area contributed by atoms with Crippen LogP contribution in [-0.2, 0) is 6.54 Å². The van der Waals surface area contributed by atoms with Crippen LogP contribution in [0.2, 0.25) is 0 Å². The Balaban J connectivity index is 1.71. The molecule has 4 aromatic heterocycles. The predicted octanol–water partition coefficient (Wildman–Crippen LogP) is 5.73. The zero-order valence-corrected chi connectivity index (χ0v) is 17.3. The zero-order valence-electron chi connectivity index (χ0n) is 17.3. The van der Waals surface area contributed by atoms with Crippen molar-refractivity contribution in [3.05, 3.63) is 89.8 Å². The van der Waals surface area contributed by atoms with E-state index in [1.54, 1.807) is 0 Å². The molecule has 148 valence electrons. The normalized spacial score (nSPS) is 11.3. The minimum Gasteiger partial charge on any atom is -0.361 e. The van der Waals surface area contributed by atoms with Crippen LogP contribution in [0, 0.1) is 20.8 Å². The lowest BCUT2D eigenvalue weighted by atomic mass is 10.0. The van der Waals surface area contributed by atoms with Gasteiger partial charge in [-0.3, -0.25) is 9.97 Å². The molecule has 0 aliphatic carbocycles. The molecule has 0 bridgehead atoms. The van der Waals surface area contributed by atoms with Crippen LogP contribution in [0.5, 0.6) is 0 Å². The fourth-order valence-corrected chi connectivity index (χ4v) is 3.94. The first-order valence-corrected chi connectivity index (χ1v) is 9.99. The summed E-state index contributed by atoms with van der Waals surface area (Å²) < 4.78 is 7.60. The van der Waals surface area contributed by atoms with Crippen LogP contribution >= 0.6 is 0 Å². The molecule has 0 spiro atoms. The van der Waals surface area contributed by atoms with Crippen molar-refractivity contribution >= 4 is 11.0 Å². The molecule has 1 aromatic carbocycles. The number of aryl methyl sites for hydroxylation is 3. The van der Waals surface area contributed by atoms with Gasteiger partial charge in [0.1, 0.15) is 5.76 Å². The number of hydrogen-bond donors (Lipinski definition) is 0. The highest BCUT2D eigenvalue weighted by Gasteiger charge is 2.17. The van der Waals surface area contributed by atoms with Gasteiger partial charge in [-0.1, -0.05) is 41.1 Å². The standard InChI is InChI=1S/C25H22N4O/c1-16-7-9-19(10-8-16)22-15-29(14-21-6-4-5-11-26-21)23-12-20(13-27-25(22)23)24-17(2)28-30-18(24)3/h4-13,15H,14H2,1-3H3. The molecule has 5 heteroatoms. The Morgan fingerprint density at radius 3 is 2.47 bits per heavy atom. The molecule has 0 N–H and O–H groups in total. The van der Waals surface area contributed by atoms with Crippen LogP contribution in [0.4, 0.5) is 0 Å². The predicted molar refractivity (Wildman–Crippen MR) is 118 cm³/mol. The summed E-state index contributed by atoms with van der Waals surface area (Å²) >= 11 is 0. The Morgan fingerprint density at radius 1 is 0.933 bits per heavy atom. The van der Waals surface area contributed by atoms with Gasteiger partial charge < -0.3 is 9.09 Å². The number of aromatic nitrogens is 4. The smallest absolute Gasteiger partial charge is 0.141 e. The Hall–Kier alpha value is -3.73. The highest BCUT2D eigenvalue weighted by Crippen LogP contribution is 2.34. The Kier molecular flexibility index (Phi) is 4.43. The largest absolute Gasteiger partial charge is 0.361 e. The van der Waals surface area contributed by atoms with Gasteiger partial charge >= 0.3 is 0 Å². The summed E-state index contributed by atoms with van der Waals surface area (Å²) in [7, 11) is 0. The summed E-state index contributed by atoms with van der Waals surface area (Å²) in [6.07, 6.45) is 5.92. The quantitative estimate of drug-likeness (QED) is 0.391. The molecule has 0 saturated heterocycles. The lowest BCUT2D eigenvalue weighted by molar-refractivity contribution is 0.393. The van der Waals surface area contributed by atoms with Crippen molar-refractivity contribution in [1.29, 1.82) is 0 Å². The van der Waals surface area contributed by atoms with E-state index in [1.807, 2.05) is 44.4 Å².